The SMILES string of the molecule is CN1CCN(c2ccc(N)nn2)CC1.CN1CCN(c2ccc(Nc3cc(-c4cccc(-n5ncc6cc(C(C)(C)C)cc(F)c6c5=O)c4CO)nn(C)c3=O)nn2)CC1.Nc1ccc(Cl)nn1. The smallest absolute Gasteiger partial charge is 0.290 e. The van der Waals surface area contributed by atoms with Crippen LogP contribution in [0, 0.1) is 5.82 Å². The molecule has 5 aromatic heterocycles. The number of nitrogen functional groups attached to an aromatic ring is 2. The van der Waals surface area contributed by atoms with E-state index in [0.29, 0.717) is 44.8 Å². The average Bonchev–Trinajstić information content (AvgIpc) is 3.32. The monoisotopic (exact) mass is 947 g/mol. The fourth-order valence-corrected chi connectivity index (χ4v) is 7.55. The zero-order chi connectivity index (χ0) is 48.7. The van der Waals surface area contributed by atoms with Crippen LogP contribution in [0.15, 0.2) is 88.6 Å². The molecule has 0 saturated carbocycles. The van der Waals surface area contributed by atoms with E-state index in [1.807, 2.05) is 32.9 Å². The molecule has 0 aliphatic carbocycles. The van der Waals surface area contributed by atoms with Crippen LogP contribution in [0.4, 0.5) is 39.2 Å². The molecule has 20 nitrogen and oxygen atoms in total. The van der Waals surface area contributed by atoms with Gasteiger partial charge in [-0.2, -0.15) is 14.9 Å². The van der Waals surface area contributed by atoms with Crippen molar-refractivity contribution < 1.29 is 9.50 Å². The van der Waals surface area contributed by atoms with Crippen molar-refractivity contribution in [1.82, 2.24) is 60.0 Å². The Bertz CT molecular complexity index is 2930. The minimum absolute atomic E-state index is 0.0937. The molecule has 0 atom stereocenters. The molecule has 2 aliphatic rings. The number of benzene rings is 2. The third-order valence-electron chi connectivity index (χ3n) is 11.5. The van der Waals surface area contributed by atoms with Crippen molar-refractivity contribution in [2.75, 3.05) is 93.0 Å². The normalized spacial score (nSPS) is 14.5. The number of aromatic nitrogens is 10. The van der Waals surface area contributed by atoms with Gasteiger partial charge in [-0.05, 0) is 85.7 Å². The first kappa shape index (κ1) is 48.7. The molecule has 2 aliphatic heterocycles. The van der Waals surface area contributed by atoms with Crippen LogP contribution in [0.3, 0.4) is 0 Å². The Kier molecular flexibility index (Phi) is 15.2. The van der Waals surface area contributed by atoms with Crippen molar-refractivity contribution in [3.05, 3.63) is 122 Å². The maximum absolute atomic E-state index is 15.3. The van der Waals surface area contributed by atoms with Crippen LogP contribution in [-0.4, -0.2) is 132 Å². The summed E-state index contributed by atoms with van der Waals surface area (Å²) in [7, 11) is 5.74. The summed E-state index contributed by atoms with van der Waals surface area (Å²) < 4.78 is 17.6. The number of fused-ring (bicyclic) bond motifs is 1. The first-order valence-electron chi connectivity index (χ1n) is 21.8. The summed E-state index contributed by atoms with van der Waals surface area (Å²) >= 11 is 5.38. The number of hydrogen-bond acceptors (Lipinski definition) is 18. The Labute approximate surface area is 397 Å². The fourth-order valence-electron chi connectivity index (χ4n) is 7.45. The summed E-state index contributed by atoms with van der Waals surface area (Å²) in [5.41, 5.74) is 11.7. The highest BCUT2D eigenvalue weighted by Crippen LogP contribution is 2.30. The van der Waals surface area contributed by atoms with Gasteiger partial charge in [0.15, 0.2) is 22.6 Å². The largest absolute Gasteiger partial charge is 0.392 e. The molecule has 2 saturated heterocycles. The van der Waals surface area contributed by atoms with Crippen LogP contribution in [-0.2, 0) is 19.1 Å². The van der Waals surface area contributed by atoms with Gasteiger partial charge in [-0.25, -0.2) is 9.07 Å². The maximum atomic E-state index is 15.3. The summed E-state index contributed by atoms with van der Waals surface area (Å²) in [5.74, 6) is 2.29. The molecule has 0 unspecified atom stereocenters. The van der Waals surface area contributed by atoms with E-state index in [1.165, 1.54) is 24.0 Å². The summed E-state index contributed by atoms with van der Waals surface area (Å²) in [6.45, 7) is 13.2. The molecule has 0 radical (unpaired) electrons. The number of aliphatic hydroxyl groups excluding tert-OH is 1. The molecule has 9 rings (SSSR count). The summed E-state index contributed by atoms with van der Waals surface area (Å²) in [6.07, 6.45) is 1.45. The third-order valence-corrected chi connectivity index (χ3v) is 11.7. The van der Waals surface area contributed by atoms with Crippen molar-refractivity contribution in [1.29, 1.82) is 0 Å². The molecule has 6 N–H and O–H groups in total. The first-order valence-corrected chi connectivity index (χ1v) is 22.2. The molecule has 7 aromatic rings. The lowest BCUT2D eigenvalue weighted by atomic mass is 9.86. The number of nitrogens with two attached hydrogens (primary N) is 2. The summed E-state index contributed by atoms with van der Waals surface area (Å²) in [6, 6.07) is 20.3. The van der Waals surface area contributed by atoms with E-state index in [0.717, 1.165) is 74.2 Å². The van der Waals surface area contributed by atoms with Crippen LogP contribution in [0.2, 0.25) is 5.15 Å². The molecule has 22 heteroatoms. The zero-order valence-electron chi connectivity index (χ0n) is 38.8. The Balaban J connectivity index is 0.000000252. The highest BCUT2D eigenvalue weighted by atomic mass is 35.5. The van der Waals surface area contributed by atoms with E-state index in [-0.39, 0.29) is 22.2 Å². The second kappa shape index (κ2) is 21.2. The van der Waals surface area contributed by atoms with Gasteiger partial charge in [-0.3, -0.25) is 9.59 Å². The lowest BCUT2D eigenvalue weighted by molar-refractivity contribution is 0.281. The Hall–Kier alpha value is -7.20. The zero-order valence-corrected chi connectivity index (χ0v) is 39.6. The predicted octanol–water partition coefficient (Wildman–Crippen LogP) is 3.88. The Morgan fingerprint density at radius 2 is 1.34 bits per heavy atom. The summed E-state index contributed by atoms with van der Waals surface area (Å²) in [5, 5.41) is 46.5. The molecule has 7 heterocycles. The van der Waals surface area contributed by atoms with E-state index in [9.17, 15) is 14.7 Å². The number of aliphatic hydroxyl groups is 1. The minimum Gasteiger partial charge on any atom is -0.392 e. The predicted molar refractivity (Wildman–Crippen MR) is 263 cm³/mol. The number of likely N-dealkylation sites (N-methyl/N-ethyl adjacent to an activating group) is 2. The van der Waals surface area contributed by atoms with Gasteiger partial charge in [0, 0.05) is 75.9 Å². The maximum Gasteiger partial charge on any atom is 0.290 e. The van der Waals surface area contributed by atoms with Gasteiger partial charge < -0.3 is 41.5 Å². The van der Waals surface area contributed by atoms with E-state index in [2.05, 4.69) is 79.8 Å². The Morgan fingerprint density at radius 1 is 0.735 bits per heavy atom. The molecular weight excluding hydrogens is 893 g/mol. The second-order valence-corrected chi connectivity index (χ2v) is 17.8. The van der Waals surface area contributed by atoms with Gasteiger partial charge in [-0.1, -0.05) is 44.5 Å². The number of piperazine rings is 2. The van der Waals surface area contributed by atoms with Gasteiger partial charge >= 0.3 is 0 Å². The molecular formula is C46H55ClFN17O3. The van der Waals surface area contributed by atoms with Gasteiger partial charge in [0.1, 0.15) is 23.1 Å². The molecule has 2 fully saturated rings. The van der Waals surface area contributed by atoms with Gasteiger partial charge in [0.25, 0.3) is 11.1 Å². The molecule has 0 bridgehead atoms. The van der Waals surface area contributed by atoms with Crippen molar-refractivity contribution in [3.63, 3.8) is 0 Å². The van der Waals surface area contributed by atoms with E-state index < -0.39 is 23.5 Å². The lowest BCUT2D eigenvalue weighted by Gasteiger charge is -2.32. The number of aryl methyl sites for hydroxylation is 1. The highest BCUT2D eigenvalue weighted by molar-refractivity contribution is 6.29. The van der Waals surface area contributed by atoms with Gasteiger partial charge in [-0.15, -0.1) is 30.6 Å². The van der Waals surface area contributed by atoms with E-state index in [4.69, 9.17) is 23.1 Å². The van der Waals surface area contributed by atoms with Crippen LogP contribution in [0.5, 0.6) is 0 Å². The van der Waals surface area contributed by atoms with Crippen LogP contribution < -0.4 is 37.7 Å². The van der Waals surface area contributed by atoms with Crippen molar-refractivity contribution in [2.45, 2.75) is 32.8 Å². The number of anilines is 6. The lowest BCUT2D eigenvalue weighted by Crippen LogP contribution is -2.44. The quantitative estimate of drug-likeness (QED) is 0.177. The molecule has 2 aromatic carbocycles. The first-order chi connectivity index (χ1) is 32.5. The van der Waals surface area contributed by atoms with Crippen LogP contribution in [0.1, 0.15) is 31.9 Å². The Morgan fingerprint density at radius 3 is 1.87 bits per heavy atom. The number of rotatable bonds is 7. The van der Waals surface area contributed by atoms with Crippen molar-refractivity contribution in [3.8, 4) is 16.9 Å². The number of hydrogen-bond donors (Lipinski definition) is 4. The second-order valence-electron chi connectivity index (χ2n) is 17.4. The summed E-state index contributed by atoms with van der Waals surface area (Å²) in [4.78, 5) is 35.6. The molecule has 68 heavy (non-hydrogen) atoms. The minimum atomic E-state index is -0.656. The van der Waals surface area contributed by atoms with Crippen molar-refractivity contribution >= 4 is 57.2 Å². The number of halogens is 2. The molecule has 0 spiro atoms. The van der Waals surface area contributed by atoms with E-state index >= 15 is 4.39 Å². The van der Waals surface area contributed by atoms with Crippen LogP contribution >= 0.6 is 11.6 Å². The topological polar surface area (TPSA) is 244 Å². The standard InChI is InChI=1S/C33H36FN9O3.C9H15N5.C4H4ClN3/c1-33(2,3)21-15-20-18-35-43(32(46)30(20)24(34)16-21)27-8-6-7-22(23(27)19-44)25-17-26(31(45)41(5)39-25)36-28-9-10-29(38-37-28)42-13-11-40(4)12-14-42;1-13-4-6-14(7-5-13)9-3-2-8(10)11-12-9;5-3-1-2-4(6)8-7-3/h6-10,15-18,44H,11-14,19H2,1-5H3,(H,36,37);2-3H,4-7H2,1H3,(H2,10,11);1-2H,(H2,6,8). The molecule has 0 amide bonds. The van der Waals surface area contributed by atoms with Crippen molar-refractivity contribution in [2.24, 2.45) is 7.05 Å². The highest BCUT2D eigenvalue weighted by Gasteiger charge is 2.22. The van der Waals surface area contributed by atoms with Gasteiger partial charge in [0.2, 0.25) is 0 Å². The fraction of sp³-hybridized carbons (Fsp3) is 0.348. The average molecular weight is 949 g/mol. The third kappa shape index (κ3) is 11.7. The number of nitrogens with zero attached hydrogens (tertiary/aromatic N) is 14. The molecule has 356 valence electrons. The number of nitrogens with one attached hydrogen (secondary N) is 1. The van der Waals surface area contributed by atoms with Crippen LogP contribution in [0.25, 0.3) is 27.7 Å². The van der Waals surface area contributed by atoms with Gasteiger partial charge in [0.05, 0.1) is 29.6 Å². The van der Waals surface area contributed by atoms with E-state index in [1.54, 1.807) is 54.6 Å².